The number of aromatic nitrogens is 3. The van der Waals surface area contributed by atoms with Gasteiger partial charge in [-0.25, -0.2) is 4.98 Å². The Bertz CT molecular complexity index is 1030. The zero-order valence-electron chi connectivity index (χ0n) is 15.3. The average molecular weight is 364 g/mol. The molecule has 5 rings (SSSR count). The monoisotopic (exact) mass is 364 g/mol. The zero-order chi connectivity index (χ0) is 18.6. The van der Waals surface area contributed by atoms with Crippen LogP contribution < -0.4 is 4.74 Å². The molecule has 4 heterocycles. The van der Waals surface area contributed by atoms with E-state index in [1.807, 2.05) is 41.0 Å². The number of hydrogen-bond acceptors (Lipinski definition) is 5. The molecule has 0 bridgehead atoms. The molecule has 1 amide bonds. The highest BCUT2D eigenvalue weighted by molar-refractivity contribution is 5.92. The van der Waals surface area contributed by atoms with Crippen LogP contribution in [0.25, 0.3) is 11.3 Å². The Kier molecular flexibility index (Phi) is 3.40. The minimum Gasteiger partial charge on any atom is -0.482 e. The molecule has 0 radical (unpaired) electrons. The summed E-state index contributed by atoms with van der Waals surface area (Å²) in [6, 6.07) is 8.06. The number of amides is 1. The molecule has 7 heteroatoms. The second-order valence-electron chi connectivity index (χ2n) is 7.18. The number of oxazole rings is 1. The number of nitrogens with zero attached hydrogens (tertiary/aromatic N) is 4. The first-order chi connectivity index (χ1) is 13.1. The van der Waals surface area contributed by atoms with Gasteiger partial charge in [0, 0.05) is 44.1 Å². The fourth-order valence-corrected chi connectivity index (χ4v) is 4.20. The number of para-hydroxylation sites is 1. The van der Waals surface area contributed by atoms with Crippen molar-refractivity contribution in [3.05, 3.63) is 53.9 Å². The van der Waals surface area contributed by atoms with E-state index >= 15 is 0 Å². The first kappa shape index (κ1) is 16.1. The summed E-state index contributed by atoms with van der Waals surface area (Å²) in [7, 11) is 1.96. The van der Waals surface area contributed by atoms with Crippen LogP contribution in [0.5, 0.6) is 5.75 Å². The van der Waals surface area contributed by atoms with Gasteiger partial charge in [0.25, 0.3) is 5.91 Å². The lowest BCUT2D eigenvalue weighted by Gasteiger charge is -2.44. The number of piperidine rings is 1. The van der Waals surface area contributed by atoms with E-state index in [1.54, 1.807) is 6.92 Å². The second kappa shape index (κ2) is 5.70. The fraction of sp³-hybridized carbons (Fsp3) is 0.350. The minimum atomic E-state index is -0.453. The quantitative estimate of drug-likeness (QED) is 0.664. The Balaban J connectivity index is 1.46. The maximum Gasteiger partial charge on any atom is 0.291 e. The number of hydrogen-bond donors (Lipinski definition) is 0. The van der Waals surface area contributed by atoms with E-state index in [0.717, 1.165) is 22.6 Å². The third-order valence-electron chi connectivity index (χ3n) is 5.68. The summed E-state index contributed by atoms with van der Waals surface area (Å²) in [4.78, 5) is 18.6. The molecule has 1 saturated heterocycles. The van der Waals surface area contributed by atoms with Crippen LogP contribution in [0, 0.1) is 6.92 Å². The smallest absolute Gasteiger partial charge is 0.291 e. The normalized spacial score (nSPS) is 17.3. The van der Waals surface area contributed by atoms with E-state index in [4.69, 9.17) is 9.15 Å². The Morgan fingerprint density at radius 3 is 2.74 bits per heavy atom. The fourth-order valence-electron chi connectivity index (χ4n) is 4.20. The molecule has 2 aliphatic rings. The molecule has 1 fully saturated rings. The predicted octanol–water partition coefficient (Wildman–Crippen LogP) is 2.91. The van der Waals surface area contributed by atoms with E-state index in [0.29, 0.717) is 37.4 Å². The summed E-state index contributed by atoms with van der Waals surface area (Å²) in [6.07, 6.45) is 4.64. The van der Waals surface area contributed by atoms with Crippen molar-refractivity contribution in [3.8, 4) is 17.0 Å². The molecule has 3 aromatic rings. The SMILES string of the molecule is Cc1ncoc1C(=O)N1CCC2(CC1)Oc1ccccc1-c1c2cnn1C. The van der Waals surface area contributed by atoms with Crippen molar-refractivity contribution in [3.63, 3.8) is 0 Å². The number of carbonyl (C=O) groups excluding carboxylic acids is 1. The molecule has 0 unspecified atom stereocenters. The van der Waals surface area contributed by atoms with Gasteiger partial charge in [0.05, 0.1) is 17.6 Å². The minimum absolute atomic E-state index is 0.109. The molecule has 0 aliphatic carbocycles. The van der Waals surface area contributed by atoms with Crippen molar-refractivity contribution >= 4 is 5.91 Å². The number of aryl methyl sites for hydroxylation is 2. The van der Waals surface area contributed by atoms with Crippen molar-refractivity contribution in [2.24, 2.45) is 7.05 Å². The summed E-state index contributed by atoms with van der Waals surface area (Å²) >= 11 is 0. The summed E-state index contributed by atoms with van der Waals surface area (Å²) in [5.41, 5.74) is 3.44. The van der Waals surface area contributed by atoms with E-state index in [9.17, 15) is 4.79 Å². The van der Waals surface area contributed by atoms with Crippen LogP contribution in [0.3, 0.4) is 0 Å². The van der Waals surface area contributed by atoms with Gasteiger partial charge in [-0.15, -0.1) is 0 Å². The van der Waals surface area contributed by atoms with Crippen LogP contribution in [0.4, 0.5) is 0 Å². The highest BCUT2D eigenvalue weighted by atomic mass is 16.5. The lowest BCUT2D eigenvalue weighted by molar-refractivity contribution is -0.00262. The highest BCUT2D eigenvalue weighted by Crippen LogP contribution is 2.49. The van der Waals surface area contributed by atoms with Gasteiger partial charge in [-0.3, -0.25) is 9.48 Å². The van der Waals surface area contributed by atoms with Crippen LogP contribution in [-0.4, -0.2) is 38.7 Å². The van der Waals surface area contributed by atoms with E-state index < -0.39 is 5.60 Å². The number of likely N-dealkylation sites (tertiary alicyclic amines) is 1. The third-order valence-corrected chi connectivity index (χ3v) is 5.68. The molecule has 27 heavy (non-hydrogen) atoms. The van der Waals surface area contributed by atoms with Crippen LogP contribution in [0.15, 0.2) is 41.3 Å². The topological polar surface area (TPSA) is 73.4 Å². The summed E-state index contributed by atoms with van der Waals surface area (Å²) in [5, 5.41) is 4.49. The first-order valence-corrected chi connectivity index (χ1v) is 9.09. The zero-order valence-corrected chi connectivity index (χ0v) is 15.3. The van der Waals surface area contributed by atoms with E-state index in [-0.39, 0.29) is 5.91 Å². The number of rotatable bonds is 1. The van der Waals surface area contributed by atoms with Crippen molar-refractivity contribution in [1.82, 2.24) is 19.7 Å². The van der Waals surface area contributed by atoms with Crippen molar-refractivity contribution in [2.45, 2.75) is 25.4 Å². The van der Waals surface area contributed by atoms with Gasteiger partial charge in [-0.2, -0.15) is 5.10 Å². The van der Waals surface area contributed by atoms with Crippen molar-refractivity contribution in [1.29, 1.82) is 0 Å². The molecule has 1 aromatic carbocycles. The molecule has 2 aromatic heterocycles. The Morgan fingerprint density at radius 1 is 1.22 bits per heavy atom. The molecule has 0 saturated carbocycles. The van der Waals surface area contributed by atoms with Gasteiger partial charge >= 0.3 is 0 Å². The largest absolute Gasteiger partial charge is 0.482 e. The summed E-state index contributed by atoms with van der Waals surface area (Å²) < 4.78 is 13.7. The van der Waals surface area contributed by atoms with Crippen LogP contribution >= 0.6 is 0 Å². The Hall–Kier alpha value is -3.09. The molecule has 2 aliphatic heterocycles. The number of carbonyl (C=O) groups is 1. The van der Waals surface area contributed by atoms with Gasteiger partial charge in [0.1, 0.15) is 11.4 Å². The Labute approximate surface area is 156 Å². The molecule has 1 spiro atoms. The highest BCUT2D eigenvalue weighted by Gasteiger charge is 2.46. The van der Waals surface area contributed by atoms with Crippen molar-refractivity contribution < 1.29 is 13.9 Å². The summed E-state index contributed by atoms with van der Waals surface area (Å²) in [5.74, 6) is 1.09. The maximum absolute atomic E-state index is 12.7. The molecular formula is C20H20N4O3. The van der Waals surface area contributed by atoms with Crippen LogP contribution in [-0.2, 0) is 12.6 Å². The molecule has 0 atom stereocenters. The molecular weight excluding hydrogens is 344 g/mol. The van der Waals surface area contributed by atoms with Gasteiger partial charge in [-0.05, 0) is 19.1 Å². The third kappa shape index (κ3) is 2.31. The van der Waals surface area contributed by atoms with Gasteiger partial charge in [0.2, 0.25) is 5.76 Å². The van der Waals surface area contributed by atoms with Gasteiger partial charge < -0.3 is 14.1 Å². The van der Waals surface area contributed by atoms with E-state index in [2.05, 4.69) is 16.1 Å². The number of ether oxygens (including phenoxy) is 1. The predicted molar refractivity (Wildman–Crippen MR) is 97.3 cm³/mol. The van der Waals surface area contributed by atoms with Crippen molar-refractivity contribution in [2.75, 3.05) is 13.1 Å². The maximum atomic E-state index is 12.7. The Morgan fingerprint density at radius 2 is 2.00 bits per heavy atom. The second-order valence-corrected chi connectivity index (χ2v) is 7.18. The average Bonchev–Trinajstić information content (AvgIpc) is 3.29. The number of fused-ring (bicyclic) bond motifs is 4. The molecule has 0 N–H and O–H groups in total. The van der Waals surface area contributed by atoms with Gasteiger partial charge in [-0.1, -0.05) is 12.1 Å². The number of benzene rings is 1. The van der Waals surface area contributed by atoms with Gasteiger partial charge in [0.15, 0.2) is 6.39 Å². The van der Waals surface area contributed by atoms with E-state index in [1.165, 1.54) is 6.39 Å². The molecule has 138 valence electrons. The lowest BCUT2D eigenvalue weighted by atomic mass is 9.81. The van der Waals surface area contributed by atoms with Crippen LogP contribution in [0.1, 0.15) is 34.7 Å². The first-order valence-electron chi connectivity index (χ1n) is 9.09. The lowest BCUT2D eigenvalue weighted by Crippen LogP contribution is -2.49. The summed E-state index contributed by atoms with van der Waals surface area (Å²) in [6.45, 7) is 2.97. The molecule has 7 nitrogen and oxygen atoms in total. The van der Waals surface area contributed by atoms with Crippen LogP contribution in [0.2, 0.25) is 0 Å². The standard InChI is InChI=1S/C20H20N4O3/c1-13-18(26-12-21-13)19(25)24-9-7-20(8-10-24)15-11-22-23(2)17(15)14-5-3-4-6-16(14)27-20/h3-6,11-12H,7-10H2,1-2H3.